The fourth-order valence-electron chi connectivity index (χ4n) is 1.26. The number of nitrogens with one attached hydrogen (secondary N) is 1. The molecule has 2 nitrogen and oxygen atoms in total. The largest absolute Gasteiger partial charge is 0.385 e. The summed E-state index contributed by atoms with van der Waals surface area (Å²) in [6.45, 7) is 9.46. The Morgan fingerprint density at radius 1 is 1.23 bits per heavy atom. The highest BCUT2D eigenvalue weighted by atomic mass is 14.9. The van der Waals surface area contributed by atoms with Crippen molar-refractivity contribution in [2.45, 2.75) is 27.7 Å². The van der Waals surface area contributed by atoms with Crippen LogP contribution in [0.1, 0.15) is 25.2 Å². The maximum absolute atomic E-state index is 4.32. The van der Waals surface area contributed by atoms with Crippen molar-refractivity contribution < 1.29 is 0 Å². The van der Waals surface area contributed by atoms with Gasteiger partial charge in [-0.25, -0.2) is 0 Å². The molecule has 0 spiro atoms. The van der Waals surface area contributed by atoms with E-state index >= 15 is 0 Å². The molecule has 0 aliphatic rings. The van der Waals surface area contributed by atoms with Crippen LogP contribution < -0.4 is 5.32 Å². The standard InChI is InChI=1S/C11H18N2/c1-8(2)7-12-11-5-9(3)13-10(4)6-11/h5-6,8H,7H2,1-4H3,(H,12,13). The van der Waals surface area contributed by atoms with Crippen LogP contribution in [-0.2, 0) is 0 Å². The molecule has 1 rings (SSSR count). The zero-order chi connectivity index (χ0) is 9.84. The van der Waals surface area contributed by atoms with Crippen LogP contribution in [-0.4, -0.2) is 11.5 Å². The van der Waals surface area contributed by atoms with Gasteiger partial charge < -0.3 is 5.32 Å². The minimum absolute atomic E-state index is 0.675. The van der Waals surface area contributed by atoms with Gasteiger partial charge in [0, 0.05) is 23.6 Å². The van der Waals surface area contributed by atoms with Crippen LogP contribution in [0, 0.1) is 19.8 Å². The first-order chi connectivity index (χ1) is 6.08. The van der Waals surface area contributed by atoms with E-state index in [1.165, 1.54) is 5.69 Å². The van der Waals surface area contributed by atoms with E-state index in [1.54, 1.807) is 0 Å². The van der Waals surface area contributed by atoms with Crippen LogP contribution in [0.25, 0.3) is 0 Å². The summed E-state index contributed by atoms with van der Waals surface area (Å²) in [7, 11) is 0. The summed E-state index contributed by atoms with van der Waals surface area (Å²) in [6, 6.07) is 4.16. The van der Waals surface area contributed by atoms with E-state index in [1.807, 2.05) is 13.8 Å². The highest BCUT2D eigenvalue weighted by molar-refractivity contribution is 5.45. The Kier molecular flexibility index (Phi) is 3.29. The van der Waals surface area contributed by atoms with Crippen molar-refractivity contribution >= 4 is 5.69 Å². The average molecular weight is 178 g/mol. The van der Waals surface area contributed by atoms with Gasteiger partial charge in [0.2, 0.25) is 0 Å². The maximum Gasteiger partial charge on any atom is 0.0396 e. The molecule has 0 radical (unpaired) electrons. The summed E-state index contributed by atoms with van der Waals surface area (Å²) in [6.07, 6.45) is 0. The molecule has 0 saturated carbocycles. The van der Waals surface area contributed by atoms with Crippen LogP contribution >= 0.6 is 0 Å². The molecular weight excluding hydrogens is 160 g/mol. The Labute approximate surface area is 80.4 Å². The third kappa shape index (κ3) is 3.45. The Morgan fingerprint density at radius 2 is 1.77 bits per heavy atom. The zero-order valence-corrected chi connectivity index (χ0v) is 8.89. The molecule has 0 amide bonds. The van der Waals surface area contributed by atoms with Crippen molar-refractivity contribution in [3.8, 4) is 0 Å². The monoisotopic (exact) mass is 178 g/mol. The fourth-order valence-corrected chi connectivity index (χ4v) is 1.26. The van der Waals surface area contributed by atoms with Crippen LogP contribution in [0.4, 0.5) is 5.69 Å². The van der Waals surface area contributed by atoms with Gasteiger partial charge in [-0.3, -0.25) is 4.98 Å². The minimum Gasteiger partial charge on any atom is -0.385 e. The summed E-state index contributed by atoms with van der Waals surface area (Å²) in [4.78, 5) is 4.32. The van der Waals surface area contributed by atoms with Gasteiger partial charge in [-0.1, -0.05) is 13.8 Å². The summed E-state index contributed by atoms with van der Waals surface area (Å²) >= 11 is 0. The van der Waals surface area contributed by atoms with Gasteiger partial charge in [0.25, 0.3) is 0 Å². The average Bonchev–Trinajstić information content (AvgIpc) is 1.99. The second-order valence-electron chi connectivity index (χ2n) is 3.91. The summed E-state index contributed by atoms with van der Waals surface area (Å²) in [5.74, 6) is 0.675. The van der Waals surface area contributed by atoms with Gasteiger partial charge in [-0.15, -0.1) is 0 Å². The molecule has 0 aliphatic heterocycles. The molecule has 1 heterocycles. The zero-order valence-electron chi connectivity index (χ0n) is 8.89. The topological polar surface area (TPSA) is 24.9 Å². The highest BCUT2D eigenvalue weighted by Gasteiger charge is 1.97. The minimum atomic E-state index is 0.675. The molecule has 1 aromatic heterocycles. The molecule has 0 atom stereocenters. The second-order valence-corrected chi connectivity index (χ2v) is 3.91. The molecule has 0 aliphatic carbocycles. The van der Waals surface area contributed by atoms with Gasteiger partial charge in [0.15, 0.2) is 0 Å². The van der Waals surface area contributed by atoms with Gasteiger partial charge in [-0.05, 0) is 31.9 Å². The Morgan fingerprint density at radius 3 is 2.23 bits per heavy atom. The molecule has 1 N–H and O–H groups in total. The molecule has 13 heavy (non-hydrogen) atoms. The van der Waals surface area contributed by atoms with E-state index in [4.69, 9.17) is 0 Å². The number of nitrogens with zero attached hydrogens (tertiary/aromatic N) is 1. The molecule has 72 valence electrons. The van der Waals surface area contributed by atoms with Crippen molar-refractivity contribution in [2.24, 2.45) is 5.92 Å². The number of rotatable bonds is 3. The lowest BCUT2D eigenvalue weighted by atomic mass is 10.2. The van der Waals surface area contributed by atoms with Crippen LogP contribution in [0.3, 0.4) is 0 Å². The number of aromatic nitrogens is 1. The number of anilines is 1. The van der Waals surface area contributed by atoms with Crippen molar-refractivity contribution in [3.63, 3.8) is 0 Å². The molecule has 2 heteroatoms. The maximum atomic E-state index is 4.32. The van der Waals surface area contributed by atoms with E-state index in [0.29, 0.717) is 5.92 Å². The number of pyridine rings is 1. The summed E-state index contributed by atoms with van der Waals surface area (Å²) in [5.41, 5.74) is 3.33. The second kappa shape index (κ2) is 4.26. The van der Waals surface area contributed by atoms with E-state index in [-0.39, 0.29) is 0 Å². The number of hydrogen-bond donors (Lipinski definition) is 1. The first-order valence-corrected chi connectivity index (χ1v) is 4.77. The lowest BCUT2D eigenvalue weighted by molar-refractivity contribution is 0.688. The fraction of sp³-hybridized carbons (Fsp3) is 0.545. The summed E-state index contributed by atoms with van der Waals surface area (Å²) < 4.78 is 0. The molecule has 0 bridgehead atoms. The third-order valence-corrected chi connectivity index (χ3v) is 1.80. The normalized spacial score (nSPS) is 10.5. The Balaban J connectivity index is 2.66. The lowest BCUT2D eigenvalue weighted by Crippen LogP contribution is -2.08. The van der Waals surface area contributed by atoms with Crippen LogP contribution in [0.15, 0.2) is 12.1 Å². The van der Waals surface area contributed by atoms with Crippen LogP contribution in [0.2, 0.25) is 0 Å². The first-order valence-electron chi connectivity index (χ1n) is 4.77. The number of aryl methyl sites for hydroxylation is 2. The highest BCUT2D eigenvalue weighted by Crippen LogP contribution is 2.10. The number of hydrogen-bond acceptors (Lipinski definition) is 2. The molecule has 0 saturated heterocycles. The molecule has 0 unspecified atom stereocenters. The van der Waals surface area contributed by atoms with E-state index in [9.17, 15) is 0 Å². The Hall–Kier alpha value is -1.05. The smallest absolute Gasteiger partial charge is 0.0396 e. The summed E-state index contributed by atoms with van der Waals surface area (Å²) in [5, 5.41) is 3.39. The molecule has 0 fully saturated rings. The van der Waals surface area contributed by atoms with E-state index < -0.39 is 0 Å². The predicted octanol–water partition coefficient (Wildman–Crippen LogP) is 2.77. The van der Waals surface area contributed by atoms with Crippen molar-refractivity contribution in [1.29, 1.82) is 0 Å². The predicted molar refractivity (Wildman–Crippen MR) is 57.0 cm³/mol. The SMILES string of the molecule is Cc1cc(NCC(C)C)cc(C)n1. The van der Waals surface area contributed by atoms with Crippen LogP contribution in [0.5, 0.6) is 0 Å². The van der Waals surface area contributed by atoms with E-state index in [2.05, 4.69) is 36.3 Å². The van der Waals surface area contributed by atoms with Gasteiger partial charge in [0.1, 0.15) is 0 Å². The molecular formula is C11H18N2. The molecule has 0 aromatic carbocycles. The molecule has 1 aromatic rings. The first kappa shape index (κ1) is 10.0. The third-order valence-electron chi connectivity index (χ3n) is 1.80. The van der Waals surface area contributed by atoms with E-state index in [0.717, 1.165) is 17.9 Å². The van der Waals surface area contributed by atoms with Gasteiger partial charge in [0.05, 0.1) is 0 Å². The van der Waals surface area contributed by atoms with Crippen molar-refractivity contribution in [3.05, 3.63) is 23.5 Å². The van der Waals surface area contributed by atoms with Crippen molar-refractivity contribution in [2.75, 3.05) is 11.9 Å². The van der Waals surface area contributed by atoms with Gasteiger partial charge in [-0.2, -0.15) is 0 Å². The van der Waals surface area contributed by atoms with Gasteiger partial charge >= 0.3 is 0 Å². The Bertz CT molecular complexity index is 259. The van der Waals surface area contributed by atoms with Crippen molar-refractivity contribution in [1.82, 2.24) is 4.98 Å². The quantitative estimate of drug-likeness (QED) is 0.769. The lowest BCUT2D eigenvalue weighted by Gasteiger charge is -2.09.